The third kappa shape index (κ3) is 3.05. The zero-order valence-corrected chi connectivity index (χ0v) is 11.4. The zero-order valence-electron chi connectivity index (χ0n) is 10.6. The van der Waals surface area contributed by atoms with Crippen LogP contribution in [-0.2, 0) is 10.8 Å². The molecule has 2 rings (SSSR count). The van der Waals surface area contributed by atoms with Gasteiger partial charge in [-0.05, 0) is 32.6 Å². The molecule has 1 aliphatic heterocycles. The van der Waals surface area contributed by atoms with Crippen molar-refractivity contribution < 1.29 is 4.21 Å². The van der Waals surface area contributed by atoms with E-state index in [0.29, 0.717) is 17.3 Å². The van der Waals surface area contributed by atoms with E-state index in [0.717, 1.165) is 25.6 Å². The summed E-state index contributed by atoms with van der Waals surface area (Å²) in [6.07, 6.45) is 4.61. The van der Waals surface area contributed by atoms with Crippen LogP contribution in [-0.4, -0.2) is 52.3 Å². The number of nitrogens with zero attached hydrogens (tertiary/aromatic N) is 1. The minimum Gasteiger partial charge on any atom is -0.311 e. The molecule has 0 bridgehead atoms. The van der Waals surface area contributed by atoms with Gasteiger partial charge in [0.25, 0.3) is 0 Å². The van der Waals surface area contributed by atoms with E-state index < -0.39 is 10.8 Å². The maximum Gasteiger partial charge on any atom is 0.0444 e. The van der Waals surface area contributed by atoms with Crippen LogP contribution < -0.4 is 5.32 Å². The van der Waals surface area contributed by atoms with Crippen molar-refractivity contribution in [3.8, 4) is 0 Å². The summed E-state index contributed by atoms with van der Waals surface area (Å²) in [6, 6.07) is 1.27. The van der Waals surface area contributed by atoms with Crippen molar-refractivity contribution in [2.24, 2.45) is 5.92 Å². The molecule has 2 aliphatic rings. The Morgan fingerprint density at radius 1 is 1.50 bits per heavy atom. The molecule has 1 heterocycles. The largest absolute Gasteiger partial charge is 0.311 e. The van der Waals surface area contributed by atoms with Gasteiger partial charge in [0.15, 0.2) is 0 Å². The maximum atomic E-state index is 11.4. The average molecular weight is 244 g/mol. The van der Waals surface area contributed by atoms with E-state index in [1.54, 1.807) is 0 Å². The average Bonchev–Trinajstić information content (AvgIpc) is 3.04. The van der Waals surface area contributed by atoms with Gasteiger partial charge in [-0.25, -0.2) is 0 Å². The molecule has 0 spiro atoms. The minimum atomic E-state index is -0.695. The Balaban J connectivity index is 1.87. The molecule has 4 heteroatoms. The van der Waals surface area contributed by atoms with E-state index in [2.05, 4.69) is 24.1 Å². The summed E-state index contributed by atoms with van der Waals surface area (Å²) < 4.78 is 11.4. The van der Waals surface area contributed by atoms with Crippen molar-refractivity contribution in [1.29, 1.82) is 0 Å². The van der Waals surface area contributed by atoms with Gasteiger partial charge in [-0.3, -0.25) is 9.11 Å². The molecule has 4 atom stereocenters. The highest BCUT2D eigenvalue weighted by molar-refractivity contribution is 7.84. The fourth-order valence-corrected chi connectivity index (χ4v) is 2.85. The number of rotatable bonds is 4. The summed E-state index contributed by atoms with van der Waals surface area (Å²) in [6.45, 7) is 7.57. The highest BCUT2D eigenvalue weighted by Gasteiger charge is 2.36. The molecular formula is C12H24N2OS. The Labute approximate surface area is 101 Å². The molecule has 3 nitrogen and oxygen atoms in total. The van der Waals surface area contributed by atoms with Crippen molar-refractivity contribution >= 4 is 10.8 Å². The normalized spacial score (nSPS) is 35.9. The van der Waals surface area contributed by atoms with Gasteiger partial charge in [-0.15, -0.1) is 0 Å². The third-order valence-electron chi connectivity index (χ3n) is 3.98. The molecule has 1 N–H and O–H groups in total. The van der Waals surface area contributed by atoms with Gasteiger partial charge in [-0.2, -0.15) is 0 Å². The van der Waals surface area contributed by atoms with E-state index in [1.807, 2.05) is 6.26 Å². The topological polar surface area (TPSA) is 32.3 Å². The molecule has 4 unspecified atom stereocenters. The Kier molecular flexibility index (Phi) is 4.03. The van der Waals surface area contributed by atoms with Crippen molar-refractivity contribution in [2.75, 3.05) is 25.9 Å². The van der Waals surface area contributed by atoms with Crippen LogP contribution in [0.15, 0.2) is 0 Å². The first-order valence-electron chi connectivity index (χ1n) is 6.37. The van der Waals surface area contributed by atoms with E-state index in [9.17, 15) is 4.21 Å². The Morgan fingerprint density at radius 3 is 2.75 bits per heavy atom. The van der Waals surface area contributed by atoms with E-state index >= 15 is 0 Å². The first-order valence-corrected chi connectivity index (χ1v) is 7.99. The number of nitrogens with one attached hydrogen (secondary N) is 1. The molecule has 16 heavy (non-hydrogen) atoms. The summed E-state index contributed by atoms with van der Waals surface area (Å²) in [5.74, 6) is 0.914. The monoisotopic (exact) mass is 244 g/mol. The van der Waals surface area contributed by atoms with Crippen molar-refractivity contribution in [2.45, 2.75) is 44.0 Å². The van der Waals surface area contributed by atoms with Gasteiger partial charge < -0.3 is 5.32 Å². The van der Waals surface area contributed by atoms with Crippen LogP contribution in [0.5, 0.6) is 0 Å². The van der Waals surface area contributed by atoms with Crippen LogP contribution in [0.3, 0.4) is 0 Å². The zero-order chi connectivity index (χ0) is 11.7. The summed E-state index contributed by atoms with van der Waals surface area (Å²) in [7, 11) is -0.695. The quantitative estimate of drug-likeness (QED) is 0.795. The molecule has 0 radical (unpaired) electrons. The lowest BCUT2D eigenvalue weighted by molar-refractivity contribution is 0.134. The predicted molar refractivity (Wildman–Crippen MR) is 69.1 cm³/mol. The van der Waals surface area contributed by atoms with E-state index in [-0.39, 0.29) is 0 Å². The smallest absolute Gasteiger partial charge is 0.0444 e. The van der Waals surface area contributed by atoms with Gasteiger partial charge in [0, 0.05) is 54.0 Å². The molecule has 0 aromatic heterocycles. The standard InChI is InChI=1S/C12H24N2OS/c1-9-6-13-12(11-4-5-11)8-14(9)7-10(2)16(3)15/h9-13H,4-8H2,1-3H3. The molecule has 1 saturated heterocycles. The Hall–Kier alpha value is 0.0700. The third-order valence-corrected chi connectivity index (χ3v) is 5.26. The van der Waals surface area contributed by atoms with Crippen molar-refractivity contribution in [3.05, 3.63) is 0 Å². The summed E-state index contributed by atoms with van der Waals surface area (Å²) in [5, 5.41) is 3.94. The second kappa shape index (κ2) is 5.15. The van der Waals surface area contributed by atoms with Crippen LogP contribution in [0, 0.1) is 5.92 Å². The second-order valence-electron chi connectivity index (χ2n) is 5.46. The van der Waals surface area contributed by atoms with E-state index in [1.165, 1.54) is 12.8 Å². The number of hydrogen-bond acceptors (Lipinski definition) is 3. The van der Waals surface area contributed by atoms with Crippen LogP contribution in [0.25, 0.3) is 0 Å². The van der Waals surface area contributed by atoms with Gasteiger partial charge in [-0.1, -0.05) is 0 Å². The molecular weight excluding hydrogens is 220 g/mol. The summed E-state index contributed by atoms with van der Waals surface area (Å²) in [5.41, 5.74) is 0. The van der Waals surface area contributed by atoms with Crippen LogP contribution in [0.2, 0.25) is 0 Å². The Bertz CT molecular complexity index is 268. The molecule has 0 aromatic carbocycles. The van der Waals surface area contributed by atoms with Gasteiger partial charge in [0.1, 0.15) is 0 Å². The summed E-state index contributed by atoms with van der Waals surface area (Å²) in [4.78, 5) is 2.52. The lowest BCUT2D eigenvalue weighted by Gasteiger charge is -2.40. The molecule has 0 aromatic rings. The van der Waals surface area contributed by atoms with Gasteiger partial charge in [0.2, 0.25) is 0 Å². The highest BCUT2D eigenvalue weighted by Crippen LogP contribution is 2.34. The first kappa shape index (κ1) is 12.5. The van der Waals surface area contributed by atoms with Crippen molar-refractivity contribution in [3.63, 3.8) is 0 Å². The fourth-order valence-electron chi connectivity index (χ4n) is 2.45. The van der Waals surface area contributed by atoms with Crippen LogP contribution in [0.4, 0.5) is 0 Å². The van der Waals surface area contributed by atoms with E-state index in [4.69, 9.17) is 0 Å². The molecule has 94 valence electrons. The first-order chi connectivity index (χ1) is 7.58. The second-order valence-corrected chi connectivity index (χ2v) is 7.27. The van der Waals surface area contributed by atoms with Gasteiger partial charge in [0.05, 0.1) is 0 Å². The molecule has 2 fully saturated rings. The summed E-state index contributed by atoms with van der Waals surface area (Å²) >= 11 is 0. The predicted octanol–water partition coefficient (Wildman–Crippen LogP) is 0.826. The molecule has 1 saturated carbocycles. The highest BCUT2D eigenvalue weighted by atomic mass is 32.2. The minimum absolute atomic E-state index is 0.292. The SMILES string of the molecule is CC1CNC(C2CC2)CN1CC(C)S(C)=O. The van der Waals surface area contributed by atoms with Crippen molar-refractivity contribution in [1.82, 2.24) is 10.2 Å². The van der Waals surface area contributed by atoms with Gasteiger partial charge >= 0.3 is 0 Å². The number of piperazine rings is 1. The Morgan fingerprint density at radius 2 is 2.19 bits per heavy atom. The van der Waals surface area contributed by atoms with Crippen LogP contribution in [0.1, 0.15) is 26.7 Å². The molecule has 1 aliphatic carbocycles. The fraction of sp³-hybridized carbons (Fsp3) is 1.00. The lowest BCUT2D eigenvalue weighted by atomic mass is 10.1. The maximum absolute atomic E-state index is 11.4. The molecule has 0 amide bonds. The van der Waals surface area contributed by atoms with Crippen LogP contribution >= 0.6 is 0 Å². The lowest BCUT2D eigenvalue weighted by Crippen LogP contribution is -2.57. The number of hydrogen-bond donors (Lipinski definition) is 1.